The van der Waals surface area contributed by atoms with Crippen molar-refractivity contribution in [3.8, 4) is 0 Å². The fourth-order valence-corrected chi connectivity index (χ4v) is 1.72. The molecule has 7 heteroatoms. The second-order valence-electron chi connectivity index (χ2n) is 4.63. The van der Waals surface area contributed by atoms with E-state index in [9.17, 15) is 10.1 Å². The maximum Gasteiger partial charge on any atom is 0.353 e. The summed E-state index contributed by atoms with van der Waals surface area (Å²) < 4.78 is 0. The van der Waals surface area contributed by atoms with Crippen molar-refractivity contribution >= 4 is 17.3 Å². The van der Waals surface area contributed by atoms with Crippen molar-refractivity contribution in [2.75, 3.05) is 10.6 Å². The van der Waals surface area contributed by atoms with Crippen LogP contribution in [0, 0.1) is 10.1 Å². The maximum atomic E-state index is 11.2. The molecule has 0 radical (unpaired) electrons. The van der Waals surface area contributed by atoms with Crippen LogP contribution in [-0.2, 0) is 0 Å². The van der Waals surface area contributed by atoms with E-state index >= 15 is 0 Å². The normalized spacial score (nSPS) is 10.8. The number of nitrogens with one attached hydrogen (secondary N) is 2. The van der Waals surface area contributed by atoms with Crippen molar-refractivity contribution in [3.63, 3.8) is 0 Å². The Balaban J connectivity index is 3.12. The van der Waals surface area contributed by atoms with E-state index < -0.39 is 4.92 Å². The zero-order valence-corrected chi connectivity index (χ0v) is 11.8. The van der Waals surface area contributed by atoms with Crippen molar-refractivity contribution in [3.05, 3.63) is 16.4 Å². The van der Waals surface area contributed by atoms with E-state index in [1.54, 1.807) is 0 Å². The lowest BCUT2D eigenvalue weighted by atomic mass is 10.2. The number of nitrogens with zero attached hydrogens (tertiary/aromatic N) is 3. The fourth-order valence-electron chi connectivity index (χ4n) is 1.72. The van der Waals surface area contributed by atoms with E-state index in [4.69, 9.17) is 0 Å². The summed E-state index contributed by atoms with van der Waals surface area (Å²) in [6.45, 7) is 7.86. The third kappa shape index (κ3) is 4.04. The smallest absolute Gasteiger partial charge is 0.353 e. The molecular weight excluding hydrogens is 246 g/mol. The van der Waals surface area contributed by atoms with Crippen LogP contribution >= 0.6 is 0 Å². The van der Waals surface area contributed by atoms with Crippen molar-refractivity contribution in [1.29, 1.82) is 0 Å². The third-order valence-corrected chi connectivity index (χ3v) is 2.76. The summed E-state index contributed by atoms with van der Waals surface area (Å²) in [7, 11) is 0. The highest BCUT2D eigenvalue weighted by Gasteiger charge is 2.24. The molecule has 2 N–H and O–H groups in total. The Morgan fingerprint density at radius 2 is 1.74 bits per heavy atom. The molecule has 1 heterocycles. The molecule has 1 aromatic heterocycles. The van der Waals surface area contributed by atoms with Gasteiger partial charge in [0.2, 0.25) is 11.6 Å². The number of anilines is 2. The van der Waals surface area contributed by atoms with Crippen molar-refractivity contribution < 1.29 is 4.92 Å². The molecule has 0 spiro atoms. The first-order valence-electron chi connectivity index (χ1n) is 6.52. The molecule has 106 valence electrons. The summed E-state index contributed by atoms with van der Waals surface area (Å²) in [4.78, 5) is 18.7. The minimum atomic E-state index is -0.449. The number of hydrogen-bond donors (Lipinski definition) is 2. The zero-order valence-electron chi connectivity index (χ0n) is 11.8. The molecule has 0 bridgehead atoms. The van der Waals surface area contributed by atoms with Gasteiger partial charge in [-0.2, -0.15) is 0 Å². The Kier molecular flexibility index (Phi) is 5.47. The highest BCUT2D eigenvalue weighted by atomic mass is 16.6. The van der Waals surface area contributed by atoms with Crippen LogP contribution in [0.15, 0.2) is 6.33 Å². The van der Waals surface area contributed by atoms with Crippen molar-refractivity contribution in [1.82, 2.24) is 9.97 Å². The molecule has 0 aliphatic rings. The zero-order chi connectivity index (χ0) is 14.4. The van der Waals surface area contributed by atoms with Gasteiger partial charge in [0.15, 0.2) is 0 Å². The van der Waals surface area contributed by atoms with E-state index in [0.29, 0.717) is 0 Å². The van der Waals surface area contributed by atoms with Crippen LogP contribution < -0.4 is 10.6 Å². The quantitative estimate of drug-likeness (QED) is 0.583. The van der Waals surface area contributed by atoms with Gasteiger partial charge in [0.05, 0.1) is 4.92 Å². The number of rotatable bonds is 7. The number of nitro groups is 1. The van der Waals surface area contributed by atoms with Gasteiger partial charge in [-0.3, -0.25) is 10.1 Å². The monoisotopic (exact) mass is 267 g/mol. The van der Waals surface area contributed by atoms with E-state index in [0.717, 1.165) is 12.8 Å². The van der Waals surface area contributed by atoms with E-state index in [2.05, 4.69) is 20.6 Å². The van der Waals surface area contributed by atoms with Gasteiger partial charge in [-0.05, 0) is 26.7 Å². The summed E-state index contributed by atoms with van der Waals surface area (Å²) >= 11 is 0. The Labute approximate surface area is 113 Å². The molecule has 1 aromatic rings. The lowest BCUT2D eigenvalue weighted by molar-refractivity contribution is -0.383. The maximum absolute atomic E-state index is 11.2. The molecule has 0 saturated carbocycles. The molecule has 0 aliphatic carbocycles. The standard InChI is InChI=1S/C12H21N5O2/c1-5-9(6-2)16-12-10(17(18)19)11(13-7-14-12)15-8(3)4/h7-9H,5-6H2,1-4H3,(H2,13,14,15,16). The van der Waals surface area contributed by atoms with Gasteiger partial charge in [-0.15, -0.1) is 0 Å². The second-order valence-corrected chi connectivity index (χ2v) is 4.63. The van der Waals surface area contributed by atoms with Crippen LogP contribution in [-0.4, -0.2) is 27.0 Å². The molecule has 0 atom stereocenters. The molecule has 0 saturated heterocycles. The van der Waals surface area contributed by atoms with Gasteiger partial charge < -0.3 is 10.6 Å². The van der Waals surface area contributed by atoms with Crippen LogP contribution in [0.5, 0.6) is 0 Å². The third-order valence-electron chi connectivity index (χ3n) is 2.76. The first-order chi connectivity index (χ1) is 8.99. The van der Waals surface area contributed by atoms with E-state index in [1.165, 1.54) is 6.33 Å². The van der Waals surface area contributed by atoms with E-state index in [1.807, 2.05) is 27.7 Å². The van der Waals surface area contributed by atoms with Crippen molar-refractivity contribution in [2.24, 2.45) is 0 Å². The molecule has 0 aliphatic heterocycles. The molecule has 7 nitrogen and oxygen atoms in total. The molecule has 0 amide bonds. The van der Waals surface area contributed by atoms with E-state index in [-0.39, 0.29) is 29.4 Å². The molecular formula is C12H21N5O2. The molecule has 0 unspecified atom stereocenters. The summed E-state index contributed by atoms with van der Waals surface area (Å²) in [6, 6.07) is 0.232. The predicted octanol–water partition coefficient (Wildman–Crippen LogP) is 2.81. The minimum absolute atomic E-state index is 0.0644. The van der Waals surface area contributed by atoms with Crippen LogP contribution in [0.4, 0.5) is 17.3 Å². The largest absolute Gasteiger partial charge is 0.362 e. The summed E-state index contributed by atoms with van der Waals surface area (Å²) in [5.41, 5.74) is -0.0944. The first kappa shape index (κ1) is 15.1. The highest BCUT2D eigenvalue weighted by Crippen LogP contribution is 2.30. The average molecular weight is 267 g/mol. The van der Waals surface area contributed by atoms with Gasteiger partial charge in [-0.1, -0.05) is 13.8 Å². The topological polar surface area (TPSA) is 93.0 Å². The summed E-state index contributed by atoms with van der Waals surface area (Å²) in [5, 5.41) is 17.3. The summed E-state index contributed by atoms with van der Waals surface area (Å²) in [6.07, 6.45) is 3.09. The van der Waals surface area contributed by atoms with Crippen LogP contribution in [0.25, 0.3) is 0 Å². The van der Waals surface area contributed by atoms with Gasteiger partial charge in [0.25, 0.3) is 0 Å². The molecule has 1 rings (SSSR count). The number of hydrogen-bond acceptors (Lipinski definition) is 6. The Morgan fingerprint density at radius 1 is 1.21 bits per heavy atom. The predicted molar refractivity (Wildman–Crippen MR) is 75.4 cm³/mol. The highest BCUT2D eigenvalue weighted by molar-refractivity contribution is 5.69. The van der Waals surface area contributed by atoms with Gasteiger partial charge >= 0.3 is 5.69 Å². The number of aromatic nitrogens is 2. The molecule has 0 aromatic carbocycles. The van der Waals surface area contributed by atoms with Gasteiger partial charge in [-0.25, -0.2) is 9.97 Å². The lowest BCUT2D eigenvalue weighted by Gasteiger charge is -2.16. The second kappa shape index (κ2) is 6.86. The van der Waals surface area contributed by atoms with Crippen LogP contribution in [0.1, 0.15) is 40.5 Å². The summed E-state index contributed by atoms with van der Waals surface area (Å²) in [5.74, 6) is 0.528. The fraction of sp³-hybridized carbons (Fsp3) is 0.667. The van der Waals surface area contributed by atoms with Crippen molar-refractivity contribution in [2.45, 2.75) is 52.6 Å². The van der Waals surface area contributed by atoms with Crippen LogP contribution in [0.3, 0.4) is 0 Å². The molecule has 19 heavy (non-hydrogen) atoms. The Morgan fingerprint density at radius 3 is 2.16 bits per heavy atom. The Hall–Kier alpha value is -1.92. The average Bonchev–Trinajstić information content (AvgIpc) is 2.34. The van der Waals surface area contributed by atoms with Crippen LogP contribution in [0.2, 0.25) is 0 Å². The Bertz CT molecular complexity index is 432. The van der Waals surface area contributed by atoms with Gasteiger partial charge in [0.1, 0.15) is 6.33 Å². The minimum Gasteiger partial charge on any atom is -0.362 e. The van der Waals surface area contributed by atoms with Gasteiger partial charge in [0, 0.05) is 12.1 Å². The first-order valence-corrected chi connectivity index (χ1v) is 6.52. The SMILES string of the molecule is CCC(CC)Nc1ncnc(NC(C)C)c1[N+](=O)[O-]. The lowest BCUT2D eigenvalue weighted by Crippen LogP contribution is -2.20. The molecule has 0 fully saturated rings.